The summed E-state index contributed by atoms with van der Waals surface area (Å²) in [6.07, 6.45) is 1.25. The van der Waals surface area contributed by atoms with Gasteiger partial charge in [-0.05, 0) is 29.0 Å². The van der Waals surface area contributed by atoms with E-state index in [-0.39, 0.29) is 16.1 Å². The van der Waals surface area contributed by atoms with Crippen molar-refractivity contribution in [2.45, 2.75) is 0 Å². The highest BCUT2D eigenvalue weighted by Crippen LogP contribution is 2.36. The molecule has 0 saturated heterocycles. The van der Waals surface area contributed by atoms with Gasteiger partial charge in [0.1, 0.15) is 0 Å². The summed E-state index contributed by atoms with van der Waals surface area (Å²) in [5, 5.41) is 1.44. The fourth-order valence-corrected chi connectivity index (χ4v) is 2.20. The molecule has 2 rings (SSSR count). The number of carbonyl (C=O) groups excluding carboxylic acids is 2. The molecule has 0 unspecified atom stereocenters. The van der Waals surface area contributed by atoms with Crippen LogP contribution in [0.2, 0.25) is 5.02 Å². The smallest absolute Gasteiger partial charge is 0.161 e. The van der Waals surface area contributed by atoms with E-state index >= 15 is 0 Å². The molecule has 2 aromatic carbocycles. The Morgan fingerprint density at radius 2 is 1.63 bits per heavy atom. The minimum Gasteiger partial charge on any atom is -0.493 e. The van der Waals surface area contributed by atoms with Gasteiger partial charge in [0, 0.05) is 11.1 Å². The predicted octanol–water partition coefficient (Wildman–Crippen LogP) is 3.14. The van der Waals surface area contributed by atoms with E-state index in [1.165, 1.54) is 14.2 Å². The predicted molar refractivity (Wildman–Crippen MR) is 72.8 cm³/mol. The lowest BCUT2D eigenvalue weighted by Crippen LogP contribution is -1.95. The quantitative estimate of drug-likeness (QED) is 0.806. The van der Waals surface area contributed by atoms with Crippen LogP contribution in [0.25, 0.3) is 10.8 Å². The molecule has 0 bridgehead atoms. The molecule has 4 nitrogen and oxygen atoms in total. The van der Waals surface area contributed by atoms with Gasteiger partial charge in [0.25, 0.3) is 0 Å². The molecule has 0 fully saturated rings. The number of benzene rings is 2. The molecule has 0 radical (unpaired) electrons. The van der Waals surface area contributed by atoms with Crippen molar-refractivity contribution in [3.8, 4) is 11.5 Å². The van der Waals surface area contributed by atoms with Crippen molar-refractivity contribution in [3.05, 3.63) is 34.3 Å². The van der Waals surface area contributed by atoms with Crippen molar-refractivity contribution >= 4 is 34.9 Å². The topological polar surface area (TPSA) is 52.6 Å². The van der Waals surface area contributed by atoms with E-state index < -0.39 is 0 Å². The Kier molecular flexibility index (Phi) is 3.71. The van der Waals surface area contributed by atoms with Crippen molar-refractivity contribution in [3.63, 3.8) is 0 Å². The maximum Gasteiger partial charge on any atom is 0.161 e. The highest BCUT2D eigenvalue weighted by molar-refractivity contribution is 6.37. The Morgan fingerprint density at radius 3 is 2.16 bits per heavy atom. The SMILES string of the molecule is COc1cc2cc(C=O)c(Cl)c(C=O)c2cc1OC. The van der Waals surface area contributed by atoms with E-state index in [1.54, 1.807) is 18.2 Å². The summed E-state index contributed by atoms with van der Waals surface area (Å²) < 4.78 is 10.4. The van der Waals surface area contributed by atoms with Gasteiger partial charge in [0.2, 0.25) is 0 Å². The third-order valence-corrected chi connectivity index (χ3v) is 3.31. The van der Waals surface area contributed by atoms with E-state index in [9.17, 15) is 9.59 Å². The van der Waals surface area contributed by atoms with Gasteiger partial charge in [0.05, 0.1) is 19.2 Å². The number of aldehydes is 2. The summed E-state index contributed by atoms with van der Waals surface area (Å²) in [5.74, 6) is 1.01. The molecule has 0 spiro atoms. The molecule has 0 N–H and O–H groups in total. The molecule has 0 aliphatic heterocycles. The summed E-state index contributed by atoms with van der Waals surface area (Å²) in [5.41, 5.74) is 0.533. The lowest BCUT2D eigenvalue weighted by molar-refractivity contribution is 0.112. The van der Waals surface area contributed by atoms with E-state index in [0.717, 1.165) is 0 Å². The number of carbonyl (C=O) groups is 2. The van der Waals surface area contributed by atoms with Crippen molar-refractivity contribution < 1.29 is 19.1 Å². The van der Waals surface area contributed by atoms with Gasteiger partial charge in [-0.15, -0.1) is 0 Å². The maximum atomic E-state index is 11.2. The van der Waals surface area contributed by atoms with E-state index in [2.05, 4.69) is 0 Å². The average molecular weight is 279 g/mol. The Morgan fingerprint density at radius 1 is 1.00 bits per heavy atom. The number of fused-ring (bicyclic) bond motifs is 1. The van der Waals surface area contributed by atoms with Gasteiger partial charge in [-0.25, -0.2) is 0 Å². The molecule has 0 heterocycles. The third kappa shape index (κ3) is 2.15. The number of hydrogen-bond donors (Lipinski definition) is 0. The molecule has 0 aromatic heterocycles. The first-order chi connectivity index (χ1) is 9.15. The largest absolute Gasteiger partial charge is 0.493 e. The van der Waals surface area contributed by atoms with Gasteiger partial charge in [0.15, 0.2) is 24.1 Å². The molecule has 0 atom stereocenters. The Balaban J connectivity index is 2.90. The van der Waals surface area contributed by atoms with Gasteiger partial charge in [-0.2, -0.15) is 0 Å². The monoisotopic (exact) mass is 278 g/mol. The molecule has 2 aromatic rings. The zero-order chi connectivity index (χ0) is 14.0. The van der Waals surface area contributed by atoms with Gasteiger partial charge in [-0.3, -0.25) is 9.59 Å². The second-order valence-electron chi connectivity index (χ2n) is 3.86. The fourth-order valence-electron chi connectivity index (χ4n) is 1.95. The fraction of sp³-hybridized carbons (Fsp3) is 0.143. The Hall–Kier alpha value is -2.07. The van der Waals surface area contributed by atoms with Crippen LogP contribution in [0, 0.1) is 0 Å². The van der Waals surface area contributed by atoms with Crippen LogP contribution in [-0.4, -0.2) is 26.8 Å². The number of halogens is 1. The molecular weight excluding hydrogens is 268 g/mol. The number of ether oxygens (including phenoxy) is 2. The zero-order valence-corrected chi connectivity index (χ0v) is 11.2. The van der Waals surface area contributed by atoms with Crippen LogP contribution in [0.15, 0.2) is 18.2 Å². The molecular formula is C14H11ClO4. The summed E-state index contributed by atoms with van der Waals surface area (Å²) >= 11 is 6.02. The summed E-state index contributed by atoms with van der Waals surface area (Å²) in [4.78, 5) is 22.2. The van der Waals surface area contributed by atoms with Crippen LogP contribution in [0.5, 0.6) is 11.5 Å². The first kappa shape index (κ1) is 13.4. The van der Waals surface area contributed by atoms with Crippen LogP contribution in [0.3, 0.4) is 0 Å². The molecule has 0 saturated carbocycles. The van der Waals surface area contributed by atoms with Crippen LogP contribution in [-0.2, 0) is 0 Å². The lowest BCUT2D eigenvalue weighted by Gasteiger charge is -2.12. The highest BCUT2D eigenvalue weighted by Gasteiger charge is 2.14. The van der Waals surface area contributed by atoms with Crippen LogP contribution in [0.4, 0.5) is 0 Å². The minimum atomic E-state index is 0.143. The second-order valence-corrected chi connectivity index (χ2v) is 4.24. The Labute approximate surface area is 114 Å². The van der Waals surface area contributed by atoms with Crippen molar-refractivity contribution in [1.29, 1.82) is 0 Å². The van der Waals surface area contributed by atoms with E-state index in [1.807, 2.05) is 0 Å². The van der Waals surface area contributed by atoms with Gasteiger partial charge in [-0.1, -0.05) is 11.6 Å². The third-order valence-electron chi connectivity index (χ3n) is 2.89. The van der Waals surface area contributed by atoms with Crippen LogP contribution >= 0.6 is 11.6 Å². The zero-order valence-electron chi connectivity index (χ0n) is 10.4. The number of rotatable bonds is 4. The average Bonchev–Trinajstić information content (AvgIpc) is 2.45. The summed E-state index contributed by atoms with van der Waals surface area (Å²) in [7, 11) is 3.02. The van der Waals surface area contributed by atoms with Crippen molar-refractivity contribution in [1.82, 2.24) is 0 Å². The van der Waals surface area contributed by atoms with Gasteiger partial charge < -0.3 is 9.47 Å². The standard InChI is InChI=1S/C14H11ClO4/c1-18-12-4-8-3-9(6-16)14(15)11(7-17)10(8)5-13(12)19-2/h3-7H,1-2H3. The summed E-state index contributed by atoms with van der Waals surface area (Å²) in [6.45, 7) is 0. The summed E-state index contributed by atoms with van der Waals surface area (Å²) in [6, 6.07) is 4.97. The molecule has 0 aliphatic carbocycles. The van der Waals surface area contributed by atoms with E-state index in [4.69, 9.17) is 21.1 Å². The van der Waals surface area contributed by atoms with Crippen molar-refractivity contribution in [2.75, 3.05) is 14.2 Å². The highest BCUT2D eigenvalue weighted by atomic mass is 35.5. The first-order valence-corrected chi connectivity index (χ1v) is 5.82. The number of methoxy groups -OCH3 is 2. The lowest BCUT2D eigenvalue weighted by atomic mass is 10.0. The minimum absolute atomic E-state index is 0.143. The number of hydrogen-bond acceptors (Lipinski definition) is 4. The molecule has 5 heteroatoms. The Bertz CT molecular complexity index is 664. The van der Waals surface area contributed by atoms with E-state index in [0.29, 0.717) is 34.8 Å². The van der Waals surface area contributed by atoms with Crippen LogP contribution in [0.1, 0.15) is 20.7 Å². The second kappa shape index (κ2) is 5.28. The molecule has 0 amide bonds. The first-order valence-electron chi connectivity index (χ1n) is 5.44. The maximum absolute atomic E-state index is 11.2. The molecule has 19 heavy (non-hydrogen) atoms. The van der Waals surface area contributed by atoms with Crippen LogP contribution < -0.4 is 9.47 Å². The molecule has 0 aliphatic rings. The van der Waals surface area contributed by atoms with Gasteiger partial charge >= 0.3 is 0 Å². The molecule has 98 valence electrons. The normalized spacial score (nSPS) is 10.3. The van der Waals surface area contributed by atoms with Crippen molar-refractivity contribution in [2.24, 2.45) is 0 Å².